The van der Waals surface area contributed by atoms with Gasteiger partial charge in [0.1, 0.15) is 12.4 Å². The summed E-state index contributed by atoms with van der Waals surface area (Å²) in [6.07, 6.45) is 1.23. The summed E-state index contributed by atoms with van der Waals surface area (Å²) in [7, 11) is -6.78. The maximum Gasteiger partial charge on any atom is 0.523 e. The highest BCUT2D eigenvalue weighted by atomic mass is 32.3. The van der Waals surface area contributed by atoms with Gasteiger partial charge in [-0.1, -0.05) is 28.5 Å². The van der Waals surface area contributed by atoms with Crippen LogP contribution in [-0.4, -0.2) is 45.8 Å². The molecule has 0 spiro atoms. The van der Waals surface area contributed by atoms with E-state index in [1.807, 2.05) is 6.07 Å². The predicted molar refractivity (Wildman–Crippen MR) is 102 cm³/mol. The zero-order valence-electron chi connectivity index (χ0n) is 15.2. The van der Waals surface area contributed by atoms with Crippen LogP contribution in [-0.2, 0) is 18.5 Å². The summed E-state index contributed by atoms with van der Waals surface area (Å²) < 4.78 is 78.1. The van der Waals surface area contributed by atoms with Gasteiger partial charge in [-0.25, -0.2) is 3.63 Å². The molecular formula is C18H21F3O5S2. The molecule has 0 bridgehead atoms. The highest BCUT2D eigenvalue weighted by Crippen LogP contribution is 2.65. The number of benzene rings is 2. The van der Waals surface area contributed by atoms with E-state index in [1.165, 1.54) is 0 Å². The van der Waals surface area contributed by atoms with Crippen molar-refractivity contribution in [1.29, 1.82) is 0 Å². The number of halogens is 3. The number of methoxy groups -OCH3 is 1. The van der Waals surface area contributed by atoms with Crippen molar-refractivity contribution in [2.45, 2.75) is 23.2 Å². The molecule has 5 nitrogen and oxygen atoms in total. The van der Waals surface area contributed by atoms with Crippen LogP contribution in [0.1, 0.15) is 12.8 Å². The van der Waals surface area contributed by atoms with Gasteiger partial charge in [0, 0.05) is 23.5 Å². The molecule has 3 rings (SSSR count). The molecule has 0 radical (unpaired) electrons. The van der Waals surface area contributed by atoms with Gasteiger partial charge in [-0.2, -0.15) is 21.6 Å². The Morgan fingerprint density at radius 2 is 1.79 bits per heavy atom. The van der Waals surface area contributed by atoms with Crippen LogP contribution in [0.4, 0.5) is 13.2 Å². The molecule has 2 aromatic rings. The molecule has 0 aromatic heterocycles. The number of ether oxygens (including phenoxy) is 2. The second kappa shape index (κ2) is 8.10. The Morgan fingerprint density at radius 1 is 1.07 bits per heavy atom. The van der Waals surface area contributed by atoms with Crippen LogP contribution in [0.3, 0.4) is 0 Å². The molecule has 1 aliphatic heterocycles. The summed E-state index contributed by atoms with van der Waals surface area (Å²) in [6, 6.07) is 10.5. The summed E-state index contributed by atoms with van der Waals surface area (Å²) >= 11 is 0. The molecule has 28 heavy (non-hydrogen) atoms. The molecule has 0 amide bonds. The third-order valence-electron chi connectivity index (χ3n) is 4.47. The lowest BCUT2D eigenvalue weighted by molar-refractivity contribution is -0.0496. The van der Waals surface area contributed by atoms with E-state index in [-0.39, 0.29) is 11.5 Å². The maximum absolute atomic E-state index is 13.0. The van der Waals surface area contributed by atoms with Gasteiger partial charge in [-0.15, -0.1) is 0 Å². The Morgan fingerprint density at radius 3 is 2.43 bits per heavy atom. The molecule has 156 valence electrons. The van der Waals surface area contributed by atoms with Gasteiger partial charge in [0.25, 0.3) is 0 Å². The number of hydrogen-bond donors (Lipinski definition) is 0. The van der Waals surface area contributed by atoms with Crippen LogP contribution in [0.5, 0.6) is 5.75 Å². The fourth-order valence-corrected chi connectivity index (χ4v) is 8.59. The van der Waals surface area contributed by atoms with Crippen LogP contribution in [0, 0.1) is 0 Å². The molecule has 0 saturated carbocycles. The fraction of sp³-hybridized carbons (Fsp3) is 0.444. The predicted octanol–water partition coefficient (Wildman–Crippen LogP) is 4.60. The van der Waals surface area contributed by atoms with Gasteiger partial charge >= 0.3 is 15.6 Å². The maximum atomic E-state index is 13.0. The second-order valence-electron chi connectivity index (χ2n) is 6.38. The van der Waals surface area contributed by atoms with Crippen LogP contribution in [0.15, 0.2) is 41.3 Å². The minimum absolute atomic E-state index is 0.274. The molecule has 1 saturated heterocycles. The van der Waals surface area contributed by atoms with E-state index in [0.717, 1.165) is 5.39 Å². The molecule has 1 heterocycles. The molecule has 2 aromatic carbocycles. The SMILES string of the molecule is COCCOc1ccc2cccc(S3(OS(=O)(=O)C(F)(F)F)CCCC3)c2c1. The van der Waals surface area contributed by atoms with Crippen molar-refractivity contribution in [3.63, 3.8) is 0 Å². The van der Waals surface area contributed by atoms with E-state index in [1.54, 1.807) is 37.4 Å². The quantitative estimate of drug-likeness (QED) is 0.467. The summed E-state index contributed by atoms with van der Waals surface area (Å²) in [5, 5.41) is 1.43. The van der Waals surface area contributed by atoms with E-state index in [9.17, 15) is 21.6 Å². The topological polar surface area (TPSA) is 61.8 Å². The molecule has 0 atom stereocenters. The zero-order valence-corrected chi connectivity index (χ0v) is 16.8. The van der Waals surface area contributed by atoms with Crippen LogP contribution in [0.2, 0.25) is 0 Å². The Labute approximate surface area is 163 Å². The molecule has 1 aliphatic rings. The minimum atomic E-state index is -5.69. The first-order valence-electron chi connectivity index (χ1n) is 8.64. The van der Waals surface area contributed by atoms with E-state index >= 15 is 0 Å². The largest absolute Gasteiger partial charge is 0.523 e. The summed E-state index contributed by atoms with van der Waals surface area (Å²) in [4.78, 5) is 0.507. The standard InChI is InChI=1S/C18H21F3O5S2/c1-24-9-10-25-15-8-7-14-5-4-6-17(16(14)13-15)27(11-2-3-12-27)26-28(22,23)18(19,20)21/h4-8,13H,2-3,9-12H2,1H3. The van der Waals surface area contributed by atoms with Crippen molar-refractivity contribution < 1.29 is 34.7 Å². The van der Waals surface area contributed by atoms with Gasteiger partial charge in [-0.05, 0) is 41.8 Å². The minimum Gasteiger partial charge on any atom is -0.491 e. The smallest absolute Gasteiger partial charge is 0.491 e. The third kappa shape index (κ3) is 4.24. The highest BCUT2D eigenvalue weighted by Gasteiger charge is 2.52. The number of fused-ring (bicyclic) bond motifs is 1. The average molecular weight is 438 g/mol. The number of rotatable bonds is 7. The van der Waals surface area contributed by atoms with Crippen molar-refractivity contribution in [2.24, 2.45) is 0 Å². The van der Waals surface area contributed by atoms with E-state index in [0.29, 0.717) is 42.1 Å². The summed E-state index contributed by atoms with van der Waals surface area (Å²) in [5.74, 6) is 1.08. The van der Waals surface area contributed by atoms with Crippen LogP contribution < -0.4 is 4.74 Å². The van der Waals surface area contributed by atoms with Crippen LogP contribution >= 0.6 is 10.3 Å². The Balaban J connectivity index is 2.07. The molecule has 1 fully saturated rings. The second-order valence-corrected chi connectivity index (χ2v) is 11.2. The van der Waals surface area contributed by atoms with Gasteiger partial charge < -0.3 is 9.47 Å². The van der Waals surface area contributed by atoms with Gasteiger partial charge in [0.15, 0.2) is 0 Å². The van der Waals surface area contributed by atoms with Gasteiger partial charge in [-0.3, -0.25) is 0 Å². The zero-order chi connectivity index (χ0) is 20.4. The fourth-order valence-electron chi connectivity index (χ4n) is 3.19. The first kappa shape index (κ1) is 21.2. The monoisotopic (exact) mass is 438 g/mol. The van der Waals surface area contributed by atoms with Gasteiger partial charge in [0.2, 0.25) is 0 Å². The Bertz CT molecular complexity index is 938. The van der Waals surface area contributed by atoms with Gasteiger partial charge in [0.05, 0.1) is 6.61 Å². The van der Waals surface area contributed by atoms with Crippen LogP contribution in [0.25, 0.3) is 10.8 Å². The lowest BCUT2D eigenvalue weighted by atomic mass is 10.1. The lowest BCUT2D eigenvalue weighted by Crippen LogP contribution is -2.27. The summed E-state index contributed by atoms with van der Waals surface area (Å²) in [6.45, 7) is 0.711. The summed E-state index contributed by atoms with van der Waals surface area (Å²) in [5.41, 5.74) is -5.45. The number of hydrogen-bond acceptors (Lipinski definition) is 5. The first-order chi connectivity index (χ1) is 13.2. The van der Waals surface area contributed by atoms with Crippen molar-refractivity contribution in [2.75, 3.05) is 31.8 Å². The molecule has 10 heteroatoms. The van der Waals surface area contributed by atoms with Crippen molar-refractivity contribution in [3.8, 4) is 5.75 Å². The third-order valence-corrected chi connectivity index (χ3v) is 9.85. The van der Waals surface area contributed by atoms with E-state index < -0.39 is 25.9 Å². The van der Waals surface area contributed by atoms with E-state index in [2.05, 4.69) is 0 Å². The Kier molecular flexibility index (Phi) is 6.14. The highest BCUT2D eigenvalue weighted by molar-refractivity contribution is 8.33. The van der Waals surface area contributed by atoms with E-state index in [4.69, 9.17) is 13.1 Å². The lowest BCUT2D eigenvalue weighted by Gasteiger charge is -2.35. The Hall–Kier alpha value is -1.49. The molecule has 0 aliphatic carbocycles. The molecular weight excluding hydrogens is 417 g/mol. The van der Waals surface area contributed by atoms with Crippen molar-refractivity contribution in [3.05, 3.63) is 36.4 Å². The molecule has 0 N–H and O–H groups in total. The van der Waals surface area contributed by atoms with Crippen molar-refractivity contribution >= 4 is 31.2 Å². The van der Waals surface area contributed by atoms with Crippen molar-refractivity contribution in [1.82, 2.24) is 0 Å². The number of alkyl halides is 3. The average Bonchev–Trinajstić information content (AvgIpc) is 3.09. The normalized spacial score (nSPS) is 18.3. The first-order valence-corrected chi connectivity index (χ1v) is 11.9. The molecule has 0 unspecified atom stereocenters.